The zero-order chi connectivity index (χ0) is 23.7. The second-order valence-corrected chi connectivity index (χ2v) is 9.48. The van der Waals surface area contributed by atoms with Crippen LogP contribution in [0.2, 0.25) is 0 Å². The molecule has 0 spiro atoms. The van der Waals surface area contributed by atoms with Crippen molar-refractivity contribution in [3.63, 3.8) is 0 Å². The van der Waals surface area contributed by atoms with Crippen molar-refractivity contribution in [2.75, 3.05) is 29.9 Å². The van der Waals surface area contributed by atoms with Crippen LogP contribution in [0.25, 0.3) is 6.08 Å². The first kappa shape index (κ1) is 23.0. The first-order chi connectivity index (χ1) is 15.7. The molecule has 0 aliphatic carbocycles. The largest absolute Gasteiger partial charge is 0.369 e. The van der Waals surface area contributed by atoms with Crippen molar-refractivity contribution in [1.29, 1.82) is 0 Å². The van der Waals surface area contributed by atoms with Gasteiger partial charge in [-0.05, 0) is 86.3 Å². The average molecular weight is 468 g/mol. The highest BCUT2D eigenvalue weighted by Gasteiger charge is 2.36. The summed E-state index contributed by atoms with van der Waals surface area (Å²) in [5, 5.41) is 2.23. The first-order valence-corrected chi connectivity index (χ1v) is 11.7. The highest BCUT2D eigenvalue weighted by atomic mass is 32.2. The van der Waals surface area contributed by atoms with Gasteiger partial charge < -0.3 is 10.2 Å². The maximum absolute atomic E-state index is 14.8. The number of halogens is 1. The van der Waals surface area contributed by atoms with Gasteiger partial charge in [-0.15, -0.1) is 0 Å². The molecule has 2 aliphatic rings. The number of hydrogen-bond acceptors (Lipinski definition) is 5. The molecule has 0 aromatic heterocycles. The van der Waals surface area contributed by atoms with Gasteiger partial charge in [0, 0.05) is 18.8 Å². The van der Waals surface area contributed by atoms with E-state index in [1.54, 1.807) is 12.1 Å². The highest BCUT2D eigenvalue weighted by molar-refractivity contribution is 8.18. The number of carbonyl (C=O) groups excluding carboxylic acids is 3. The molecule has 0 radical (unpaired) electrons. The number of imide groups is 1. The van der Waals surface area contributed by atoms with E-state index < -0.39 is 17.1 Å². The lowest BCUT2D eigenvalue weighted by Gasteiger charge is -2.19. The summed E-state index contributed by atoms with van der Waals surface area (Å²) in [5.41, 5.74) is 4.53. The van der Waals surface area contributed by atoms with E-state index in [-0.39, 0.29) is 17.3 Å². The number of carbonyl (C=O) groups is 3. The topological polar surface area (TPSA) is 69.7 Å². The minimum Gasteiger partial charge on any atom is -0.369 e. The highest BCUT2D eigenvalue weighted by Crippen LogP contribution is 2.34. The van der Waals surface area contributed by atoms with Crippen LogP contribution in [0.4, 0.5) is 20.6 Å². The number of amides is 3. The molecule has 0 bridgehead atoms. The summed E-state index contributed by atoms with van der Waals surface area (Å²) >= 11 is 0.760. The fourth-order valence-corrected chi connectivity index (χ4v) is 4.93. The summed E-state index contributed by atoms with van der Waals surface area (Å²) in [7, 11) is 0. The number of hydrogen-bond donors (Lipinski definition) is 1. The SMILES string of the molecule is Cc1ccc(NC(=O)CN2C(=O)S/C(=C\c3cc(F)c(N4CCCC4)cc3C)C2=O)c(C)c1. The Labute approximate surface area is 196 Å². The molecule has 6 nitrogen and oxygen atoms in total. The van der Waals surface area contributed by atoms with E-state index in [4.69, 9.17) is 0 Å². The van der Waals surface area contributed by atoms with Gasteiger partial charge in [0.2, 0.25) is 5.91 Å². The van der Waals surface area contributed by atoms with E-state index in [0.717, 1.165) is 59.3 Å². The van der Waals surface area contributed by atoms with Crippen LogP contribution in [0.15, 0.2) is 35.2 Å². The van der Waals surface area contributed by atoms with Crippen LogP contribution in [0.1, 0.15) is 35.1 Å². The molecule has 3 amide bonds. The van der Waals surface area contributed by atoms with Crippen molar-refractivity contribution in [3.05, 3.63) is 63.3 Å². The summed E-state index contributed by atoms with van der Waals surface area (Å²) in [5.74, 6) is -1.35. The molecule has 2 aromatic rings. The van der Waals surface area contributed by atoms with Crippen LogP contribution in [0, 0.1) is 26.6 Å². The van der Waals surface area contributed by atoms with Crippen molar-refractivity contribution >= 4 is 46.3 Å². The molecule has 2 aliphatic heterocycles. The maximum atomic E-state index is 14.8. The van der Waals surface area contributed by atoms with Crippen molar-refractivity contribution in [3.8, 4) is 0 Å². The Hall–Kier alpha value is -3.13. The van der Waals surface area contributed by atoms with E-state index in [1.165, 1.54) is 12.1 Å². The molecule has 2 fully saturated rings. The summed E-state index contributed by atoms with van der Waals surface area (Å²) in [6.45, 7) is 6.97. The summed E-state index contributed by atoms with van der Waals surface area (Å²) in [4.78, 5) is 40.9. The smallest absolute Gasteiger partial charge is 0.294 e. The average Bonchev–Trinajstić information content (AvgIpc) is 3.37. The molecule has 0 atom stereocenters. The monoisotopic (exact) mass is 467 g/mol. The Morgan fingerprint density at radius 3 is 2.52 bits per heavy atom. The van der Waals surface area contributed by atoms with Crippen molar-refractivity contribution in [1.82, 2.24) is 4.90 Å². The van der Waals surface area contributed by atoms with Gasteiger partial charge in [-0.25, -0.2) is 4.39 Å². The lowest BCUT2D eigenvalue weighted by Crippen LogP contribution is -2.36. The first-order valence-electron chi connectivity index (χ1n) is 10.9. The van der Waals surface area contributed by atoms with Gasteiger partial charge in [0.25, 0.3) is 11.1 Å². The molecule has 172 valence electrons. The molecule has 2 saturated heterocycles. The van der Waals surface area contributed by atoms with Crippen LogP contribution < -0.4 is 10.2 Å². The normalized spacial score (nSPS) is 17.4. The van der Waals surface area contributed by atoms with E-state index >= 15 is 0 Å². The lowest BCUT2D eigenvalue weighted by atomic mass is 10.1. The van der Waals surface area contributed by atoms with Crippen molar-refractivity contribution < 1.29 is 18.8 Å². The fraction of sp³-hybridized carbons (Fsp3) is 0.320. The number of rotatable bonds is 5. The van der Waals surface area contributed by atoms with E-state index in [2.05, 4.69) is 5.32 Å². The predicted molar refractivity (Wildman–Crippen MR) is 130 cm³/mol. The van der Waals surface area contributed by atoms with Crippen molar-refractivity contribution in [2.45, 2.75) is 33.6 Å². The predicted octanol–water partition coefficient (Wildman–Crippen LogP) is 5.03. The molecule has 4 rings (SSSR count). The van der Waals surface area contributed by atoms with Crippen LogP contribution >= 0.6 is 11.8 Å². The van der Waals surface area contributed by atoms with Crippen LogP contribution in [0.5, 0.6) is 0 Å². The standard InChI is InChI=1S/C25H26FN3O3S/c1-15-6-7-20(17(3)10-15)27-23(30)14-29-24(31)22(33-25(29)32)13-18-12-19(26)21(11-16(18)2)28-8-4-5-9-28/h6-7,10-13H,4-5,8-9,14H2,1-3H3,(H,27,30)/b22-13-. The third-order valence-electron chi connectivity index (χ3n) is 5.90. The van der Waals surface area contributed by atoms with E-state index in [1.807, 2.05) is 37.8 Å². The molecule has 0 saturated carbocycles. The molecule has 2 aromatic carbocycles. The number of benzene rings is 2. The Balaban J connectivity index is 1.48. The molecule has 1 N–H and O–H groups in total. The molecular formula is C25H26FN3O3S. The zero-order valence-electron chi connectivity index (χ0n) is 18.9. The van der Waals surface area contributed by atoms with Crippen LogP contribution in [-0.2, 0) is 9.59 Å². The van der Waals surface area contributed by atoms with Crippen LogP contribution in [0.3, 0.4) is 0 Å². The third-order valence-corrected chi connectivity index (χ3v) is 6.81. The zero-order valence-corrected chi connectivity index (χ0v) is 19.7. The number of nitrogens with zero attached hydrogens (tertiary/aromatic N) is 2. The molecule has 0 unspecified atom stereocenters. The molecule has 8 heteroatoms. The van der Waals surface area contributed by atoms with Gasteiger partial charge in [0.15, 0.2) is 0 Å². The minimum atomic E-state index is -0.552. The maximum Gasteiger partial charge on any atom is 0.294 e. The number of nitrogens with one attached hydrogen (secondary N) is 1. The number of thioether (sulfide) groups is 1. The summed E-state index contributed by atoms with van der Waals surface area (Å²) in [6, 6.07) is 8.80. The minimum absolute atomic E-state index is 0.177. The number of aryl methyl sites for hydroxylation is 3. The quantitative estimate of drug-likeness (QED) is 0.625. The Morgan fingerprint density at radius 2 is 1.82 bits per heavy atom. The van der Waals surface area contributed by atoms with Gasteiger partial charge >= 0.3 is 0 Å². The number of anilines is 2. The van der Waals surface area contributed by atoms with E-state index in [0.29, 0.717) is 16.9 Å². The summed E-state index contributed by atoms with van der Waals surface area (Å²) in [6.07, 6.45) is 3.62. The summed E-state index contributed by atoms with van der Waals surface area (Å²) < 4.78 is 14.8. The Bertz CT molecular complexity index is 1170. The molecular weight excluding hydrogens is 441 g/mol. The third kappa shape index (κ3) is 4.95. The molecule has 33 heavy (non-hydrogen) atoms. The van der Waals surface area contributed by atoms with Gasteiger partial charge in [0.05, 0.1) is 10.6 Å². The Morgan fingerprint density at radius 1 is 1.09 bits per heavy atom. The lowest BCUT2D eigenvalue weighted by molar-refractivity contribution is -0.127. The van der Waals surface area contributed by atoms with Gasteiger partial charge in [-0.2, -0.15) is 0 Å². The Kier molecular flexibility index (Phi) is 6.56. The van der Waals surface area contributed by atoms with Gasteiger partial charge in [0.1, 0.15) is 12.4 Å². The van der Waals surface area contributed by atoms with Crippen molar-refractivity contribution in [2.24, 2.45) is 0 Å². The van der Waals surface area contributed by atoms with Crippen LogP contribution in [-0.4, -0.2) is 41.6 Å². The fourth-order valence-electron chi connectivity index (χ4n) is 4.10. The second-order valence-electron chi connectivity index (χ2n) is 8.49. The second kappa shape index (κ2) is 9.39. The van der Waals surface area contributed by atoms with E-state index in [9.17, 15) is 18.8 Å². The van der Waals surface area contributed by atoms with Gasteiger partial charge in [-0.3, -0.25) is 19.3 Å². The van der Waals surface area contributed by atoms with Gasteiger partial charge in [-0.1, -0.05) is 17.7 Å². The molecule has 2 heterocycles.